The Morgan fingerprint density at radius 3 is 2.57 bits per heavy atom. The Bertz CT molecular complexity index is 767. The highest BCUT2D eigenvalue weighted by Crippen LogP contribution is 2.25. The summed E-state index contributed by atoms with van der Waals surface area (Å²) in [5.74, 6) is 0.919. The van der Waals surface area contributed by atoms with Crippen LogP contribution in [0.3, 0.4) is 0 Å². The van der Waals surface area contributed by atoms with E-state index in [1.807, 2.05) is 45.2 Å². The quantitative estimate of drug-likeness (QED) is 0.802. The number of imidazole rings is 1. The molecule has 4 nitrogen and oxygen atoms in total. The van der Waals surface area contributed by atoms with Crippen LogP contribution in [0.25, 0.3) is 22.6 Å². The molecule has 0 atom stereocenters. The third-order valence-corrected chi connectivity index (χ3v) is 3.32. The second-order valence-electron chi connectivity index (χ2n) is 6.23. The fourth-order valence-corrected chi connectivity index (χ4v) is 2.48. The van der Waals surface area contributed by atoms with Gasteiger partial charge in [-0.25, -0.2) is 9.97 Å². The van der Waals surface area contributed by atoms with E-state index in [1.165, 1.54) is 0 Å². The lowest BCUT2D eigenvalue weighted by atomic mass is 10.1. The van der Waals surface area contributed by atoms with Crippen LogP contribution in [0.2, 0.25) is 0 Å². The van der Waals surface area contributed by atoms with Crippen molar-refractivity contribution < 1.29 is 0 Å². The molecule has 1 aromatic carbocycles. The predicted molar refractivity (Wildman–Crippen MR) is 86.0 cm³/mol. The van der Waals surface area contributed by atoms with Gasteiger partial charge in [0.15, 0.2) is 5.65 Å². The largest absolute Gasteiger partial charge is 0.324 e. The van der Waals surface area contributed by atoms with Gasteiger partial charge in [-0.2, -0.15) is 0 Å². The molecule has 0 spiro atoms. The molecule has 4 heteroatoms. The Morgan fingerprint density at radius 2 is 1.90 bits per heavy atom. The number of aromatic nitrogens is 3. The van der Waals surface area contributed by atoms with Crippen LogP contribution < -0.4 is 5.73 Å². The Morgan fingerprint density at radius 1 is 1.19 bits per heavy atom. The maximum atomic E-state index is 6.22. The van der Waals surface area contributed by atoms with E-state index in [0.717, 1.165) is 28.1 Å². The van der Waals surface area contributed by atoms with Crippen molar-refractivity contribution in [2.45, 2.75) is 32.9 Å². The first-order valence-corrected chi connectivity index (χ1v) is 7.11. The van der Waals surface area contributed by atoms with Crippen molar-refractivity contribution in [2.75, 3.05) is 0 Å². The first-order chi connectivity index (χ1) is 9.94. The molecular formula is C17H20N4. The molecular weight excluding hydrogens is 260 g/mol. The average Bonchev–Trinajstić information content (AvgIpc) is 2.76. The van der Waals surface area contributed by atoms with Crippen LogP contribution in [0.15, 0.2) is 42.6 Å². The van der Waals surface area contributed by atoms with Gasteiger partial charge in [0, 0.05) is 23.8 Å². The number of hydrogen-bond acceptors (Lipinski definition) is 3. The zero-order chi connectivity index (χ0) is 15.0. The topological polar surface area (TPSA) is 56.7 Å². The monoisotopic (exact) mass is 280 g/mol. The standard InChI is InChI=1S/C17H20N4/c1-12-9-14-16(19-10-12)21(11-17(2,3)18)15(20-14)13-7-5-4-6-8-13/h4-10H,11,18H2,1-3H3. The van der Waals surface area contributed by atoms with Crippen molar-refractivity contribution in [1.82, 2.24) is 14.5 Å². The summed E-state index contributed by atoms with van der Waals surface area (Å²) in [6, 6.07) is 12.2. The Balaban J connectivity index is 2.25. The minimum absolute atomic E-state index is 0.330. The minimum atomic E-state index is -0.330. The molecule has 0 amide bonds. The minimum Gasteiger partial charge on any atom is -0.324 e. The van der Waals surface area contributed by atoms with Crippen LogP contribution in [0.1, 0.15) is 19.4 Å². The average molecular weight is 280 g/mol. The first-order valence-electron chi connectivity index (χ1n) is 7.11. The highest BCUT2D eigenvalue weighted by Gasteiger charge is 2.19. The highest BCUT2D eigenvalue weighted by atomic mass is 15.1. The zero-order valence-corrected chi connectivity index (χ0v) is 12.7. The smallest absolute Gasteiger partial charge is 0.160 e. The van der Waals surface area contributed by atoms with Gasteiger partial charge in [-0.15, -0.1) is 0 Å². The molecule has 2 aromatic heterocycles. The second-order valence-corrected chi connectivity index (χ2v) is 6.23. The summed E-state index contributed by atoms with van der Waals surface area (Å²) in [5, 5.41) is 0. The van der Waals surface area contributed by atoms with Gasteiger partial charge in [0.1, 0.15) is 11.3 Å². The lowest BCUT2D eigenvalue weighted by Gasteiger charge is -2.21. The second kappa shape index (κ2) is 4.97. The summed E-state index contributed by atoms with van der Waals surface area (Å²) < 4.78 is 2.12. The number of hydrogen-bond donors (Lipinski definition) is 1. The number of fused-ring (bicyclic) bond motifs is 1. The van der Waals surface area contributed by atoms with Gasteiger partial charge in [-0.1, -0.05) is 30.3 Å². The van der Waals surface area contributed by atoms with Crippen LogP contribution in [0.4, 0.5) is 0 Å². The summed E-state index contributed by atoms with van der Waals surface area (Å²) in [6.07, 6.45) is 1.87. The van der Waals surface area contributed by atoms with Gasteiger partial charge < -0.3 is 10.3 Å². The summed E-state index contributed by atoms with van der Waals surface area (Å²) >= 11 is 0. The van der Waals surface area contributed by atoms with Crippen molar-refractivity contribution in [2.24, 2.45) is 5.73 Å². The molecule has 3 aromatic rings. The maximum Gasteiger partial charge on any atom is 0.160 e. The van der Waals surface area contributed by atoms with Crippen LogP contribution in [-0.2, 0) is 6.54 Å². The van der Waals surface area contributed by atoms with Gasteiger partial charge in [0.05, 0.1) is 0 Å². The summed E-state index contributed by atoms with van der Waals surface area (Å²) in [4.78, 5) is 9.33. The van der Waals surface area contributed by atoms with E-state index in [9.17, 15) is 0 Å². The molecule has 2 heterocycles. The van der Waals surface area contributed by atoms with Crippen LogP contribution in [-0.4, -0.2) is 20.1 Å². The maximum absolute atomic E-state index is 6.22. The van der Waals surface area contributed by atoms with Crippen molar-refractivity contribution in [3.8, 4) is 11.4 Å². The number of pyridine rings is 1. The van der Waals surface area contributed by atoms with Gasteiger partial charge in [0.25, 0.3) is 0 Å². The number of nitrogens with zero attached hydrogens (tertiary/aromatic N) is 3. The van der Waals surface area contributed by atoms with Gasteiger partial charge in [-0.05, 0) is 32.4 Å². The zero-order valence-electron chi connectivity index (χ0n) is 12.7. The molecule has 108 valence electrons. The van der Waals surface area contributed by atoms with Gasteiger partial charge in [0.2, 0.25) is 0 Å². The Hall–Kier alpha value is -2.20. The van der Waals surface area contributed by atoms with E-state index in [2.05, 4.69) is 27.8 Å². The normalized spacial score (nSPS) is 12.0. The first kappa shape index (κ1) is 13.8. The van der Waals surface area contributed by atoms with E-state index < -0.39 is 0 Å². The highest BCUT2D eigenvalue weighted by molar-refractivity contribution is 5.77. The third-order valence-electron chi connectivity index (χ3n) is 3.32. The molecule has 0 bridgehead atoms. The Labute approximate surface area is 124 Å². The molecule has 0 radical (unpaired) electrons. The van der Waals surface area contributed by atoms with E-state index in [1.54, 1.807) is 0 Å². The summed E-state index contributed by atoms with van der Waals surface area (Å²) in [7, 11) is 0. The van der Waals surface area contributed by atoms with E-state index in [4.69, 9.17) is 10.7 Å². The van der Waals surface area contributed by atoms with Gasteiger partial charge in [-0.3, -0.25) is 0 Å². The lowest BCUT2D eigenvalue weighted by molar-refractivity contribution is 0.441. The van der Waals surface area contributed by atoms with E-state index >= 15 is 0 Å². The Kier molecular flexibility index (Phi) is 3.26. The molecule has 0 fully saturated rings. The van der Waals surface area contributed by atoms with Crippen molar-refractivity contribution in [3.05, 3.63) is 48.2 Å². The molecule has 0 aliphatic carbocycles. The number of aryl methyl sites for hydroxylation is 1. The van der Waals surface area contributed by atoms with E-state index in [-0.39, 0.29) is 5.54 Å². The van der Waals surface area contributed by atoms with Crippen LogP contribution >= 0.6 is 0 Å². The van der Waals surface area contributed by atoms with Crippen molar-refractivity contribution in [3.63, 3.8) is 0 Å². The van der Waals surface area contributed by atoms with Crippen LogP contribution in [0, 0.1) is 6.92 Å². The SMILES string of the molecule is Cc1cnc2c(c1)nc(-c1ccccc1)n2CC(C)(C)N. The molecule has 21 heavy (non-hydrogen) atoms. The molecule has 0 unspecified atom stereocenters. The lowest BCUT2D eigenvalue weighted by Crippen LogP contribution is -2.37. The summed E-state index contributed by atoms with van der Waals surface area (Å²) in [6.45, 7) is 6.73. The van der Waals surface area contributed by atoms with Gasteiger partial charge >= 0.3 is 0 Å². The molecule has 0 aliphatic heterocycles. The number of benzene rings is 1. The third kappa shape index (κ3) is 2.81. The van der Waals surface area contributed by atoms with Crippen molar-refractivity contribution in [1.29, 1.82) is 0 Å². The fraction of sp³-hybridized carbons (Fsp3) is 0.294. The van der Waals surface area contributed by atoms with Crippen LogP contribution in [0.5, 0.6) is 0 Å². The number of nitrogens with two attached hydrogens (primary N) is 1. The fourth-order valence-electron chi connectivity index (χ4n) is 2.48. The molecule has 0 saturated heterocycles. The predicted octanol–water partition coefficient (Wildman–Crippen LogP) is 3.14. The molecule has 3 rings (SSSR count). The molecule has 0 aliphatic rings. The summed E-state index contributed by atoms with van der Waals surface area (Å²) in [5.41, 5.74) is 9.88. The van der Waals surface area contributed by atoms with Crippen molar-refractivity contribution >= 4 is 11.2 Å². The molecule has 0 saturated carbocycles. The molecule has 2 N–H and O–H groups in total. The number of rotatable bonds is 3. The van der Waals surface area contributed by atoms with E-state index in [0.29, 0.717) is 6.54 Å².